The van der Waals surface area contributed by atoms with Crippen molar-refractivity contribution in [1.82, 2.24) is 0 Å². The van der Waals surface area contributed by atoms with E-state index in [1.165, 1.54) is 19.3 Å². The molecule has 1 aliphatic rings. The maximum Gasteiger partial charge on any atom is -0.0103 e. The van der Waals surface area contributed by atoms with E-state index < -0.39 is 0 Å². The summed E-state index contributed by atoms with van der Waals surface area (Å²) in [5, 5.41) is 0. The fourth-order valence-electron chi connectivity index (χ4n) is 3.15. The van der Waals surface area contributed by atoms with Crippen LogP contribution in [0.2, 0.25) is 0 Å². The first-order chi connectivity index (χ1) is 8.80. The van der Waals surface area contributed by atoms with Crippen LogP contribution in [-0.4, -0.2) is 0 Å². The molecule has 1 aliphatic carbocycles. The van der Waals surface area contributed by atoms with E-state index in [4.69, 9.17) is 0 Å². The molecule has 0 N–H and O–H groups in total. The van der Waals surface area contributed by atoms with Gasteiger partial charge in [-0.05, 0) is 47.1 Å². The monoisotopic (exact) mass is 260 g/mol. The molecule has 0 saturated carbocycles. The Morgan fingerprint density at radius 1 is 1.11 bits per heavy atom. The van der Waals surface area contributed by atoms with Crippen molar-refractivity contribution in [3.05, 3.63) is 35.4 Å². The fraction of sp³-hybridized carbons (Fsp3) is 0.684. The summed E-state index contributed by atoms with van der Waals surface area (Å²) in [6.07, 6.45) is 3.87. The van der Waals surface area contributed by atoms with Crippen LogP contribution in [0.25, 0.3) is 0 Å². The largest absolute Gasteiger partial charge is 0.0683 e. The van der Waals surface area contributed by atoms with Gasteiger partial charge in [-0.1, -0.05) is 72.7 Å². The van der Waals surface area contributed by atoms with Gasteiger partial charge in [0.1, 0.15) is 0 Å². The molecule has 19 heavy (non-hydrogen) atoms. The highest BCUT2D eigenvalue weighted by Crippen LogP contribution is 2.49. The van der Waals surface area contributed by atoms with Gasteiger partial charge in [0.05, 0.1) is 0 Å². The second-order valence-corrected chi connectivity index (χ2v) is 7.50. The van der Waals surface area contributed by atoms with Crippen molar-refractivity contribution in [2.24, 2.45) is 10.8 Å². The lowest BCUT2D eigenvalue weighted by Gasteiger charge is -2.43. The smallest absolute Gasteiger partial charge is 0.0103 e. The standard InChI is InChI=1S/C17H26.C2H6/c1-16(2,3)12-15-14-9-7-6-8-13(14)10-11-17(15,4)5;1-2/h6-9,15H,10-12H2,1-5H3;1-2H3. The zero-order chi connectivity index (χ0) is 14.7. The Balaban J connectivity index is 0.000000861. The maximum absolute atomic E-state index is 2.44. The molecule has 0 nitrogen and oxygen atoms in total. The van der Waals surface area contributed by atoms with Gasteiger partial charge in [-0.25, -0.2) is 0 Å². The molecular formula is C19H32. The Morgan fingerprint density at radius 2 is 1.68 bits per heavy atom. The average Bonchev–Trinajstić information content (AvgIpc) is 2.34. The Bertz CT molecular complexity index is 393. The molecule has 0 heterocycles. The van der Waals surface area contributed by atoms with Crippen molar-refractivity contribution < 1.29 is 0 Å². The van der Waals surface area contributed by atoms with E-state index in [9.17, 15) is 0 Å². The number of benzene rings is 1. The molecule has 0 fully saturated rings. The van der Waals surface area contributed by atoms with Gasteiger partial charge in [0.25, 0.3) is 0 Å². The number of fused-ring (bicyclic) bond motifs is 1. The highest BCUT2D eigenvalue weighted by Gasteiger charge is 2.37. The van der Waals surface area contributed by atoms with Crippen molar-refractivity contribution in [3.8, 4) is 0 Å². The Labute approximate surface area is 120 Å². The molecular weight excluding hydrogens is 228 g/mol. The number of hydrogen-bond acceptors (Lipinski definition) is 0. The first-order valence-electron chi connectivity index (χ1n) is 7.87. The van der Waals surface area contributed by atoms with Gasteiger partial charge in [0.2, 0.25) is 0 Å². The highest BCUT2D eigenvalue weighted by atomic mass is 14.4. The van der Waals surface area contributed by atoms with Crippen molar-refractivity contribution in [2.75, 3.05) is 0 Å². The van der Waals surface area contributed by atoms with E-state index in [-0.39, 0.29) is 0 Å². The summed E-state index contributed by atoms with van der Waals surface area (Å²) in [7, 11) is 0. The molecule has 0 heteroatoms. The summed E-state index contributed by atoms with van der Waals surface area (Å²) >= 11 is 0. The van der Waals surface area contributed by atoms with E-state index in [2.05, 4.69) is 58.9 Å². The number of hydrogen-bond donors (Lipinski definition) is 0. The van der Waals surface area contributed by atoms with Gasteiger partial charge in [-0.15, -0.1) is 0 Å². The van der Waals surface area contributed by atoms with Crippen molar-refractivity contribution in [3.63, 3.8) is 0 Å². The lowest BCUT2D eigenvalue weighted by Crippen LogP contribution is -2.31. The van der Waals surface area contributed by atoms with E-state index in [0.717, 1.165) is 0 Å². The van der Waals surface area contributed by atoms with E-state index in [1.807, 2.05) is 13.8 Å². The normalized spacial score (nSPS) is 21.1. The summed E-state index contributed by atoms with van der Waals surface area (Å²) in [6, 6.07) is 9.06. The summed E-state index contributed by atoms with van der Waals surface area (Å²) in [6.45, 7) is 16.0. The quantitative estimate of drug-likeness (QED) is 0.563. The second kappa shape index (κ2) is 6.11. The molecule has 0 aliphatic heterocycles. The van der Waals surface area contributed by atoms with Crippen LogP contribution in [0.3, 0.4) is 0 Å². The average molecular weight is 260 g/mol. The van der Waals surface area contributed by atoms with Crippen molar-refractivity contribution >= 4 is 0 Å². The second-order valence-electron chi connectivity index (χ2n) is 7.50. The summed E-state index contributed by atoms with van der Waals surface area (Å²) in [5.41, 5.74) is 4.05. The first kappa shape index (κ1) is 16.3. The Kier molecular flexibility index (Phi) is 5.24. The van der Waals surface area contributed by atoms with Gasteiger partial charge in [-0.2, -0.15) is 0 Å². The van der Waals surface area contributed by atoms with E-state index in [1.54, 1.807) is 11.1 Å². The predicted octanol–water partition coefficient (Wildman–Crippen LogP) is 6.21. The fourth-order valence-corrected chi connectivity index (χ4v) is 3.15. The van der Waals surface area contributed by atoms with Gasteiger partial charge < -0.3 is 0 Å². The molecule has 0 amide bonds. The molecule has 1 atom stereocenters. The van der Waals surface area contributed by atoms with Crippen LogP contribution in [0.1, 0.15) is 78.4 Å². The molecule has 1 aromatic carbocycles. The summed E-state index contributed by atoms with van der Waals surface area (Å²) in [5.74, 6) is 0.715. The zero-order valence-electron chi connectivity index (χ0n) is 14.0. The molecule has 0 radical (unpaired) electrons. The van der Waals surface area contributed by atoms with Crippen LogP contribution >= 0.6 is 0 Å². The molecule has 108 valence electrons. The maximum atomic E-state index is 2.44. The lowest BCUT2D eigenvalue weighted by atomic mass is 9.62. The first-order valence-corrected chi connectivity index (χ1v) is 7.87. The van der Waals surface area contributed by atoms with Gasteiger partial charge in [0.15, 0.2) is 0 Å². The van der Waals surface area contributed by atoms with Gasteiger partial charge in [-0.3, -0.25) is 0 Å². The SMILES string of the molecule is CC.CC(C)(C)CC1c2ccccc2CCC1(C)C. The Morgan fingerprint density at radius 3 is 2.26 bits per heavy atom. The highest BCUT2D eigenvalue weighted by molar-refractivity contribution is 5.34. The van der Waals surface area contributed by atoms with Gasteiger partial charge in [0, 0.05) is 0 Å². The summed E-state index contributed by atoms with van der Waals surface area (Å²) in [4.78, 5) is 0. The van der Waals surface area contributed by atoms with Gasteiger partial charge >= 0.3 is 0 Å². The minimum Gasteiger partial charge on any atom is -0.0683 e. The molecule has 2 rings (SSSR count). The molecule has 0 aromatic heterocycles. The van der Waals surface area contributed by atoms with Crippen LogP contribution in [0, 0.1) is 10.8 Å². The van der Waals surface area contributed by atoms with Crippen LogP contribution in [0.4, 0.5) is 0 Å². The van der Waals surface area contributed by atoms with E-state index in [0.29, 0.717) is 16.7 Å². The van der Waals surface area contributed by atoms with E-state index >= 15 is 0 Å². The van der Waals surface area contributed by atoms with Crippen molar-refractivity contribution in [1.29, 1.82) is 0 Å². The van der Waals surface area contributed by atoms with Crippen LogP contribution in [0.15, 0.2) is 24.3 Å². The molecule has 1 unspecified atom stereocenters. The molecule has 0 saturated heterocycles. The third kappa shape index (κ3) is 4.09. The molecule has 0 spiro atoms. The lowest BCUT2D eigenvalue weighted by molar-refractivity contribution is 0.185. The number of aryl methyl sites for hydroxylation is 1. The third-order valence-electron chi connectivity index (χ3n) is 4.23. The number of rotatable bonds is 1. The minimum atomic E-state index is 0.409. The predicted molar refractivity (Wildman–Crippen MR) is 86.7 cm³/mol. The van der Waals surface area contributed by atoms with Crippen LogP contribution in [-0.2, 0) is 6.42 Å². The molecule has 0 bridgehead atoms. The topological polar surface area (TPSA) is 0 Å². The van der Waals surface area contributed by atoms with Crippen molar-refractivity contribution in [2.45, 2.75) is 73.6 Å². The third-order valence-corrected chi connectivity index (χ3v) is 4.23. The van der Waals surface area contributed by atoms with Crippen LogP contribution in [0.5, 0.6) is 0 Å². The minimum absolute atomic E-state index is 0.409. The molecule has 1 aromatic rings. The zero-order valence-corrected chi connectivity index (χ0v) is 14.0. The van der Waals surface area contributed by atoms with Crippen LogP contribution < -0.4 is 0 Å². The summed E-state index contributed by atoms with van der Waals surface area (Å²) < 4.78 is 0. The Hall–Kier alpha value is -0.780.